The Hall–Kier alpha value is -1.69. The number of nitrogens with zero attached hydrogens (tertiary/aromatic N) is 2. The lowest BCUT2D eigenvalue weighted by Gasteiger charge is -2.43. The number of hydrogen-bond acceptors (Lipinski definition) is 3. The van der Waals surface area contributed by atoms with E-state index in [9.17, 15) is 13.6 Å². The van der Waals surface area contributed by atoms with Gasteiger partial charge in [0, 0.05) is 25.7 Å². The van der Waals surface area contributed by atoms with Crippen molar-refractivity contribution in [1.29, 1.82) is 0 Å². The van der Waals surface area contributed by atoms with Gasteiger partial charge >= 0.3 is 6.09 Å². The van der Waals surface area contributed by atoms with Crippen LogP contribution in [-0.4, -0.2) is 54.9 Å². The van der Waals surface area contributed by atoms with Crippen LogP contribution in [-0.2, 0) is 11.3 Å². The lowest BCUT2D eigenvalue weighted by molar-refractivity contribution is 0.0448. The van der Waals surface area contributed by atoms with E-state index in [4.69, 9.17) is 4.74 Å². The van der Waals surface area contributed by atoms with Gasteiger partial charge in [-0.25, -0.2) is 13.6 Å². The maximum atomic E-state index is 13.5. The van der Waals surface area contributed by atoms with Gasteiger partial charge in [-0.15, -0.1) is 0 Å². The summed E-state index contributed by atoms with van der Waals surface area (Å²) in [6, 6.07) is 7.34. The Morgan fingerprint density at radius 1 is 1.15 bits per heavy atom. The molecule has 2 aliphatic heterocycles. The Balaban J connectivity index is 1.56. The molecule has 2 fully saturated rings. The molecule has 2 saturated heterocycles. The normalized spacial score (nSPS) is 22.4. The number of carbonyl (C=O) groups is 1. The third-order valence-corrected chi connectivity index (χ3v) is 5.58. The van der Waals surface area contributed by atoms with Crippen LogP contribution in [0, 0.1) is 11.7 Å². The van der Waals surface area contributed by atoms with Gasteiger partial charge in [0.1, 0.15) is 19.1 Å². The van der Waals surface area contributed by atoms with Crippen LogP contribution < -0.4 is 0 Å². The number of benzene rings is 1. The summed E-state index contributed by atoms with van der Waals surface area (Å²) in [6.07, 6.45) is 5.04. The summed E-state index contributed by atoms with van der Waals surface area (Å²) in [6.45, 7) is 2.35. The van der Waals surface area contributed by atoms with Gasteiger partial charge in [0.25, 0.3) is 0 Å². The van der Waals surface area contributed by atoms with Crippen LogP contribution in [0.2, 0.25) is 0 Å². The van der Waals surface area contributed by atoms with Crippen molar-refractivity contribution in [1.82, 2.24) is 9.80 Å². The fourth-order valence-electron chi connectivity index (χ4n) is 4.30. The van der Waals surface area contributed by atoms with Crippen molar-refractivity contribution in [3.05, 3.63) is 35.6 Å². The second kappa shape index (κ2) is 9.31. The molecule has 2 aliphatic rings. The molecule has 3 rings (SSSR count). The van der Waals surface area contributed by atoms with Crippen molar-refractivity contribution >= 4 is 6.09 Å². The highest BCUT2D eigenvalue weighted by Crippen LogP contribution is 2.31. The summed E-state index contributed by atoms with van der Waals surface area (Å²) in [7, 11) is 0. The Morgan fingerprint density at radius 2 is 1.96 bits per heavy atom. The van der Waals surface area contributed by atoms with E-state index in [2.05, 4.69) is 4.90 Å². The molecule has 0 spiro atoms. The zero-order valence-electron chi connectivity index (χ0n) is 15.2. The van der Waals surface area contributed by atoms with E-state index in [-0.39, 0.29) is 12.4 Å². The number of hydrogen-bond donors (Lipinski definition) is 0. The molecule has 0 saturated carbocycles. The van der Waals surface area contributed by atoms with Gasteiger partial charge in [-0.05, 0) is 55.8 Å². The Bertz CT molecular complexity index is 591. The summed E-state index contributed by atoms with van der Waals surface area (Å²) >= 11 is 0. The largest absolute Gasteiger partial charge is 0.447 e. The van der Waals surface area contributed by atoms with Crippen molar-refractivity contribution in [2.45, 2.75) is 44.7 Å². The molecule has 144 valence electrons. The molecule has 4 nitrogen and oxygen atoms in total. The van der Waals surface area contributed by atoms with Gasteiger partial charge in [0.2, 0.25) is 0 Å². The molecule has 0 aromatic heterocycles. The first kappa shape index (κ1) is 19.1. The zero-order valence-corrected chi connectivity index (χ0v) is 15.2. The van der Waals surface area contributed by atoms with Crippen LogP contribution in [0.25, 0.3) is 0 Å². The molecule has 1 aromatic rings. The van der Waals surface area contributed by atoms with Crippen LogP contribution in [0.3, 0.4) is 0 Å². The lowest BCUT2D eigenvalue weighted by Crippen LogP contribution is -2.48. The van der Waals surface area contributed by atoms with Gasteiger partial charge in [0.15, 0.2) is 0 Å². The number of amides is 1. The molecule has 26 heavy (non-hydrogen) atoms. The summed E-state index contributed by atoms with van der Waals surface area (Å²) in [5, 5.41) is 0. The van der Waals surface area contributed by atoms with Gasteiger partial charge in [-0.1, -0.05) is 18.6 Å². The third-order valence-electron chi connectivity index (χ3n) is 5.58. The molecule has 0 N–H and O–H groups in total. The first-order valence-electron chi connectivity index (χ1n) is 9.63. The number of piperidine rings is 2. The minimum absolute atomic E-state index is 0.164. The lowest BCUT2D eigenvalue weighted by atomic mass is 9.83. The van der Waals surface area contributed by atoms with Gasteiger partial charge in [-0.2, -0.15) is 0 Å². The van der Waals surface area contributed by atoms with Crippen molar-refractivity contribution in [3.63, 3.8) is 0 Å². The summed E-state index contributed by atoms with van der Waals surface area (Å²) in [5.74, 6) is 0.352. The highest BCUT2D eigenvalue weighted by atomic mass is 19.1. The van der Waals surface area contributed by atoms with Crippen molar-refractivity contribution in [3.8, 4) is 0 Å². The molecule has 1 aromatic carbocycles. The molecular weight excluding hydrogens is 338 g/mol. The van der Waals surface area contributed by atoms with E-state index in [0.717, 1.165) is 37.9 Å². The van der Waals surface area contributed by atoms with E-state index < -0.39 is 12.8 Å². The number of ether oxygens (including phenoxy) is 1. The van der Waals surface area contributed by atoms with Crippen molar-refractivity contribution in [2.75, 3.05) is 32.9 Å². The maximum Gasteiger partial charge on any atom is 0.409 e. The predicted octanol–water partition coefficient (Wildman–Crippen LogP) is 4.00. The van der Waals surface area contributed by atoms with Crippen LogP contribution in [0.1, 0.15) is 37.7 Å². The van der Waals surface area contributed by atoms with Crippen LogP contribution in [0.4, 0.5) is 13.6 Å². The van der Waals surface area contributed by atoms with Crippen molar-refractivity contribution in [2.24, 2.45) is 5.92 Å². The van der Waals surface area contributed by atoms with Crippen LogP contribution >= 0.6 is 0 Å². The minimum Gasteiger partial charge on any atom is -0.447 e. The van der Waals surface area contributed by atoms with Gasteiger partial charge < -0.3 is 9.64 Å². The number of likely N-dealkylation sites (tertiary alicyclic amines) is 2. The number of rotatable bonds is 5. The number of carbonyl (C=O) groups excluding carboxylic acids is 1. The molecular formula is C20H28F2N2O2. The smallest absolute Gasteiger partial charge is 0.409 e. The Morgan fingerprint density at radius 3 is 2.69 bits per heavy atom. The van der Waals surface area contributed by atoms with Crippen LogP contribution in [0.15, 0.2) is 24.3 Å². The molecule has 0 bridgehead atoms. The van der Waals surface area contributed by atoms with Crippen molar-refractivity contribution < 1.29 is 18.3 Å². The molecule has 1 unspecified atom stereocenters. The minimum atomic E-state index is -0.640. The Labute approximate surface area is 154 Å². The monoisotopic (exact) mass is 366 g/mol. The summed E-state index contributed by atoms with van der Waals surface area (Å²) in [4.78, 5) is 16.0. The van der Waals surface area contributed by atoms with E-state index in [1.807, 2.05) is 6.07 Å². The number of halogens is 2. The summed E-state index contributed by atoms with van der Waals surface area (Å²) in [5.41, 5.74) is 1.02. The van der Waals surface area contributed by atoms with E-state index in [1.165, 1.54) is 18.9 Å². The molecule has 0 aliphatic carbocycles. The number of alkyl halides is 1. The zero-order chi connectivity index (χ0) is 18.4. The topological polar surface area (TPSA) is 32.8 Å². The standard InChI is InChI=1S/C20H28F2N2O2/c21-9-13-26-20(25)23-11-7-17(8-12-23)19-6-1-2-10-24(19)15-16-4-3-5-18(22)14-16/h3-5,14,17,19H,1-2,6-13,15H2. The molecule has 1 amide bonds. The molecule has 2 heterocycles. The summed E-state index contributed by atoms with van der Waals surface area (Å²) < 4.78 is 30.5. The second-order valence-electron chi connectivity index (χ2n) is 7.29. The fraction of sp³-hybridized carbons (Fsp3) is 0.650. The average molecular weight is 366 g/mol. The van der Waals surface area contributed by atoms with E-state index in [0.29, 0.717) is 25.0 Å². The second-order valence-corrected chi connectivity index (χ2v) is 7.29. The highest BCUT2D eigenvalue weighted by Gasteiger charge is 2.33. The maximum absolute atomic E-state index is 13.5. The van der Waals surface area contributed by atoms with Gasteiger partial charge in [0.05, 0.1) is 0 Å². The predicted molar refractivity (Wildman–Crippen MR) is 96.1 cm³/mol. The Kier molecular flexibility index (Phi) is 6.83. The van der Waals surface area contributed by atoms with Gasteiger partial charge in [-0.3, -0.25) is 4.90 Å². The van der Waals surface area contributed by atoms with E-state index in [1.54, 1.807) is 17.0 Å². The van der Waals surface area contributed by atoms with Crippen LogP contribution in [0.5, 0.6) is 0 Å². The van der Waals surface area contributed by atoms with E-state index >= 15 is 0 Å². The molecule has 0 radical (unpaired) electrons. The molecule has 1 atom stereocenters. The molecule has 6 heteroatoms. The highest BCUT2D eigenvalue weighted by molar-refractivity contribution is 5.67. The quantitative estimate of drug-likeness (QED) is 0.790. The fourth-order valence-corrected chi connectivity index (χ4v) is 4.30. The average Bonchev–Trinajstić information content (AvgIpc) is 2.67. The first-order valence-corrected chi connectivity index (χ1v) is 9.63. The third kappa shape index (κ3) is 4.93. The first-order chi connectivity index (χ1) is 12.7. The SMILES string of the molecule is O=C(OCCF)N1CCC(C2CCCCN2Cc2cccc(F)c2)CC1.